The van der Waals surface area contributed by atoms with E-state index in [2.05, 4.69) is 40.5 Å². The van der Waals surface area contributed by atoms with Crippen molar-refractivity contribution in [2.24, 2.45) is 5.92 Å². The summed E-state index contributed by atoms with van der Waals surface area (Å²) in [6, 6.07) is 11.8. The lowest BCUT2D eigenvalue weighted by Crippen LogP contribution is -2.35. The second kappa shape index (κ2) is 7.24. The Hall–Kier alpha value is -0.860. The molecular formula is C18H28N2. The summed E-state index contributed by atoms with van der Waals surface area (Å²) >= 11 is 0. The van der Waals surface area contributed by atoms with Gasteiger partial charge in [0, 0.05) is 19.1 Å². The normalized spacial score (nSPS) is 23.9. The van der Waals surface area contributed by atoms with Gasteiger partial charge in [0.15, 0.2) is 0 Å². The summed E-state index contributed by atoms with van der Waals surface area (Å²) in [4.78, 5) is 2.65. The van der Waals surface area contributed by atoms with Crippen LogP contribution in [-0.4, -0.2) is 30.6 Å². The van der Waals surface area contributed by atoms with Gasteiger partial charge < -0.3 is 5.32 Å². The summed E-state index contributed by atoms with van der Waals surface area (Å²) in [5.74, 6) is 0.925. The minimum absolute atomic E-state index is 0.871. The number of hydrogen-bond donors (Lipinski definition) is 1. The molecule has 0 amide bonds. The molecule has 2 aliphatic rings. The first-order valence-electron chi connectivity index (χ1n) is 8.40. The minimum atomic E-state index is 0.871. The highest BCUT2D eigenvalue weighted by atomic mass is 15.1. The number of rotatable bonds is 7. The highest BCUT2D eigenvalue weighted by Crippen LogP contribution is 2.23. The lowest BCUT2D eigenvalue weighted by atomic mass is 9.93. The molecule has 2 nitrogen and oxygen atoms in total. The van der Waals surface area contributed by atoms with Crippen LogP contribution >= 0.6 is 0 Å². The van der Waals surface area contributed by atoms with Gasteiger partial charge in [-0.15, -0.1) is 0 Å². The molecule has 1 aliphatic carbocycles. The molecule has 0 spiro atoms. The Labute approximate surface area is 123 Å². The van der Waals surface area contributed by atoms with E-state index in [1.165, 1.54) is 63.7 Å². The average molecular weight is 272 g/mol. The predicted octanol–water partition coefficient (Wildman–Crippen LogP) is 3.43. The van der Waals surface area contributed by atoms with E-state index in [4.69, 9.17) is 0 Å². The zero-order chi connectivity index (χ0) is 13.6. The molecule has 0 unspecified atom stereocenters. The van der Waals surface area contributed by atoms with E-state index in [1.54, 1.807) is 0 Å². The Kier molecular flexibility index (Phi) is 5.10. The van der Waals surface area contributed by atoms with Crippen LogP contribution in [0.1, 0.15) is 44.1 Å². The van der Waals surface area contributed by atoms with E-state index in [1.807, 2.05) is 0 Å². The maximum atomic E-state index is 3.63. The van der Waals surface area contributed by atoms with Crippen molar-refractivity contribution in [1.29, 1.82) is 0 Å². The Morgan fingerprint density at radius 2 is 1.95 bits per heavy atom. The Bertz CT molecular complexity index is 386. The average Bonchev–Trinajstić information content (AvgIpc) is 3.29. The number of nitrogens with zero attached hydrogens (tertiary/aromatic N) is 1. The van der Waals surface area contributed by atoms with E-state index in [-0.39, 0.29) is 0 Å². The third kappa shape index (κ3) is 4.60. The molecule has 110 valence electrons. The second-order valence-corrected chi connectivity index (χ2v) is 6.60. The minimum Gasteiger partial charge on any atom is -0.314 e. The van der Waals surface area contributed by atoms with Crippen LogP contribution in [0, 0.1) is 5.92 Å². The van der Waals surface area contributed by atoms with Crippen molar-refractivity contribution in [2.45, 2.75) is 51.1 Å². The SMILES string of the molecule is c1ccc(CN2CCC[C@@H](CCCNC3CC3)C2)cc1. The van der Waals surface area contributed by atoms with Gasteiger partial charge in [0.05, 0.1) is 0 Å². The molecule has 1 aromatic rings. The van der Waals surface area contributed by atoms with Crippen LogP contribution in [-0.2, 0) is 6.54 Å². The summed E-state index contributed by atoms with van der Waals surface area (Å²) in [7, 11) is 0. The zero-order valence-electron chi connectivity index (χ0n) is 12.6. The first-order chi connectivity index (χ1) is 9.90. The molecule has 0 bridgehead atoms. The third-order valence-electron chi connectivity index (χ3n) is 4.65. The van der Waals surface area contributed by atoms with E-state index in [0.29, 0.717) is 0 Å². The first-order valence-corrected chi connectivity index (χ1v) is 8.40. The Morgan fingerprint density at radius 3 is 2.75 bits per heavy atom. The molecule has 1 aromatic carbocycles. The fourth-order valence-corrected chi connectivity index (χ4v) is 3.36. The lowest BCUT2D eigenvalue weighted by molar-refractivity contribution is 0.160. The molecule has 0 radical (unpaired) electrons. The van der Waals surface area contributed by atoms with E-state index >= 15 is 0 Å². The van der Waals surface area contributed by atoms with Crippen LogP contribution in [0.3, 0.4) is 0 Å². The van der Waals surface area contributed by atoms with E-state index < -0.39 is 0 Å². The molecule has 1 N–H and O–H groups in total. The molecule has 1 saturated carbocycles. The van der Waals surface area contributed by atoms with Crippen LogP contribution in [0.2, 0.25) is 0 Å². The van der Waals surface area contributed by atoms with Crippen LogP contribution in [0.25, 0.3) is 0 Å². The molecule has 3 rings (SSSR count). The maximum absolute atomic E-state index is 3.63. The smallest absolute Gasteiger partial charge is 0.0233 e. The predicted molar refractivity (Wildman–Crippen MR) is 84.7 cm³/mol. The van der Waals surface area contributed by atoms with Crippen molar-refractivity contribution >= 4 is 0 Å². The van der Waals surface area contributed by atoms with E-state index in [0.717, 1.165) is 18.5 Å². The molecule has 20 heavy (non-hydrogen) atoms. The van der Waals surface area contributed by atoms with Crippen LogP contribution < -0.4 is 5.32 Å². The number of nitrogens with one attached hydrogen (secondary N) is 1. The highest BCUT2D eigenvalue weighted by Gasteiger charge is 2.21. The third-order valence-corrected chi connectivity index (χ3v) is 4.65. The number of likely N-dealkylation sites (tertiary alicyclic amines) is 1. The van der Waals surface area contributed by atoms with Crippen molar-refractivity contribution < 1.29 is 0 Å². The van der Waals surface area contributed by atoms with Gasteiger partial charge in [-0.2, -0.15) is 0 Å². The molecule has 1 heterocycles. The number of piperidine rings is 1. The van der Waals surface area contributed by atoms with Gasteiger partial charge in [0.25, 0.3) is 0 Å². The molecule has 1 aliphatic heterocycles. The van der Waals surface area contributed by atoms with Crippen molar-refractivity contribution in [2.75, 3.05) is 19.6 Å². The highest BCUT2D eigenvalue weighted by molar-refractivity contribution is 5.14. The van der Waals surface area contributed by atoms with Gasteiger partial charge in [0.1, 0.15) is 0 Å². The van der Waals surface area contributed by atoms with Crippen molar-refractivity contribution in [3.05, 3.63) is 35.9 Å². The second-order valence-electron chi connectivity index (χ2n) is 6.60. The topological polar surface area (TPSA) is 15.3 Å². The fourth-order valence-electron chi connectivity index (χ4n) is 3.36. The standard InChI is InChI=1S/C18H28N2/c1-2-6-16(7-3-1)14-20-13-5-9-17(15-20)8-4-12-19-18-10-11-18/h1-3,6-7,17-19H,4-5,8-15H2/t17-/m1/s1. The zero-order valence-corrected chi connectivity index (χ0v) is 12.6. The van der Waals surface area contributed by atoms with Crippen molar-refractivity contribution in [1.82, 2.24) is 10.2 Å². The van der Waals surface area contributed by atoms with Crippen LogP contribution in [0.4, 0.5) is 0 Å². The Balaban J connectivity index is 1.37. The summed E-state index contributed by atoms with van der Waals surface area (Å²) < 4.78 is 0. The molecule has 1 saturated heterocycles. The van der Waals surface area contributed by atoms with Gasteiger partial charge in [-0.1, -0.05) is 30.3 Å². The summed E-state index contributed by atoms with van der Waals surface area (Å²) in [5, 5.41) is 3.63. The molecule has 2 fully saturated rings. The van der Waals surface area contributed by atoms with Crippen molar-refractivity contribution in [3.8, 4) is 0 Å². The molecule has 0 aromatic heterocycles. The maximum Gasteiger partial charge on any atom is 0.0233 e. The largest absolute Gasteiger partial charge is 0.314 e. The van der Waals surface area contributed by atoms with E-state index in [9.17, 15) is 0 Å². The van der Waals surface area contributed by atoms with Gasteiger partial charge in [-0.05, 0) is 63.1 Å². The summed E-state index contributed by atoms with van der Waals surface area (Å²) in [6.07, 6.45) is 8.41. The van der Waals surface area contributed by atoms with Gasteiger partial charge in [-0.3, -0.25) is 4.90 Å². The van der Waals surface area contributed by atoms with Gasteiger partial charge >= 0.3 is 0 Å². The number of hydrogen-bond acceptors (Lipinski definition) is 2. The summed E-state index contributed by atoms with van der Waals surface area (Å²) in [6.45, 7) is 4.96. The quantitative estimate of drug-likeness (QED) is 0.765. The molecular weight excluding hydrogens is 244 g/mol. The van der Waals surface area contributed by atoms with Crippen LogP contribution in [0.15, 0.2) is 30.3 Å². The van der Waals surface area contributed by atoms with Crippen molar-refractivity contribution in [3.63, 3.8) is 0 Å². The fraction of sp³-hybridized carbons (Fsp3) is 0.667. The van der Waals surface area contributed by atoms with Gasteiger partial charge in [0.2, 0.25) is 0 Å². The van der Waals surface area contributed by atoms with Gasteiger partial charge in [-0.25, -0.2) is 0 Å². The first kappa shape index (κ1) is 14.1. The molecule has 2 heteroatoms. The number of benzene rings is 1. The summed E-state index contributed by atoms with van der Waals surface area (Å²) in [5.41, 5.74) is 1.46. The lowest BCUT2D eigenvalue weighted by Gasteiger charge is -2.32. The monoisotopic (exact) mass is 272 g/mol. The Morgan fingerprint density at radius 1 is 1.10 bits per heavy atom. The van der Waals surface area contributed by atoms with Crippen LogP contribution in [0.5, 0.6) is 0 Å². The molecule has 1 atom stereocenters.